The van der Waals surface area contributed by atoms with Crippen molar-refractivity contribution in [1.82, 2.24) is 0 Å². The van der Waals surface area contributed by atoms with Gasteiger partial charge in [0.25, 0.3) is 0 Å². The molecule has 0 saturated carbocycles. The second-order valence-electron chi connectivity index (χ2n) is 5.41. The third-order valence-electron chi connectivity index (χ3n) is 4.51. The molecule has 0 aromatic heterocycles. The van der Waals surface area contributed by atoms with Crippen LogP contribution in [-0.2, 0) is 0 Å². The van der Waals surface area contributed by atoms with E-state index in [1.165, 1.54) is 6.07 Å². The van der Waals surface area contributed by atoms with Crippen molar-refractivity contribution in [1.29, 1.82) is 0 Å². The first-order valence-electron chi connectivity index (χ1n) is 6.85. The average molecular weight is 280 g/mol. The van der Waals surface area contributed by atoms with E-state index in [9.17, 15) is 4.39 Å². The highest BCUT2D eigenvalue weighted by Gasteiger charge is 2.35. The van der Waals surface area contributed by atoms with Gasteiger partial charge in [-0.3, -0.25) is 0 Å². The Morgan fingerprint density at radius 3 is 2.58 bits per heavy atom. The molecule has 1 heterocycles. The van der Waals surface area contributed by atoms with Gasteiger partial charge in [-0.25, -0.2) is 4.39 Å². The summed E-state index contributed by atoms with van der Waals surface area (Å²) in [6.45, 7) is 6.30. The second kappa shape index (κ2) is 5.45. The number of halogens is 1. The summed E-state index contributed by atoms with van der Waals surface area (Å²) in [5.41, 5.74) is 7.13. The first-order valence-corrected chi connectivity index (χ1v) is 7.26. The standard InChI is InChI=1S/C15H21FN2S/c1-3-15(4-2)7-8-18(10-15)13-6-5-11(14(17)19)9-12(13)16/h5-6,9H,3-4,7-8,10H2,1-2H3,(H2,17,19). The molecule has 19 heavy (non-hydrogen) atoms. The number of benzene rings is 1. The van der Waals surface area contributed by atoms with Crippen molar-refractivity contribution in [2.45, 2.75) is 33.1 Å². The first kappa shape index (κ1) is 14.3. The number of hydrogen-bond acceptors (Lipinski definition) is 2. The fourth-order valence-electron chi connectivity index (χ4n) is 2.88. The van der Waals surface area contributed by atoms with E-state index in [1.54, 1.807) is 12.1 Å². The van der Waals surface area contributed by atoms with Crippen LogP contribution in [0.5, 0.6) is 0 Å². The average Bonchev–Trinajstić information content (AvgIpc) is 2.83. The molecular weight excluding hydrogens is 259 g/mol. The minimum absolute atomic E-state index is 0.228. The van der Waals surface area contributed by atoms with Crippen LogP contribution in [0.15, 0.2) is 18.2 Å². The van der Waals surface area contributed by atoms with Gasteiger partial charge in [-0.15, -0.1) is 0 Å². The second-order valence-corrected chi connectivity index (χ2v) is 5.85. The molecule has 0 radical (unpaired) electrons. The third kappa shape index (κ3) is 2.73. The number of nitrogens with two attached hydrogens (primary N) is 1. The van der Waals surface area contributed by atoms with E-state index in [0.29, 0.717) is 16.7 Å². The molecule has 1 aliphatic rings. The van der Waals surface area contributed by atoms with Crippen molar-refractivity contribution in [3.8, 4) is 0 Å². The van der Waals surface area contributed by atoms with Crippen LogP contribution in [0.3, 0.4) is 0 Å². The lowest BCUT2D eigenvalue weighted by atomic mass is 9.82. The number of rotatable bonds is 4. The van der Waals surface area contributed by atoms with Gasteiger partial charge in [0.2, 0.25) is 0 Å². The Balaban J connectivity index is 2.22. The van der Waals surface area contributed by atoms with E-state index in [-0.39, 0.29) is 10.8 Å². The van der Waals surface area contributed by atoms with Crippen LogP contribution in [0.4, 0.5) is 10.1 Å². The Kier molecular flexibility index (Phi) is 4.09. The maximum atomic E-state index is 14.2. The van der Waals surface area contributed by atoms with E-state index in [4.69, 9.17) is 18.0 Å². The van der Waals surface area contributed by atoms with Crippen molar-refractivity contribution < 1.29 is 4.39 Å². The molecule has 0 aliphatic carbocycles. The van der Waals surface area contributed by atoms with Crippen LogP contribution in [0.25, 0.3) is 0 Å². The molecule has 1 aromatic rings. The van der Waals surface area contributed by atoms with Crippen LogP contribution in [-0.4, -0.2) is 18.1 Å². The van der Waals surface area contributed by atoms with Crippen LogP contribution in [0.1, 0.15) is 38.7 Å². The number of nitrogens with zero attached hydrogens (tertiary/aromatic N) is 1. The van der Waals surface area contributed by atoms with Crippen LogP contribution >= 0.6 is 12.2 Å². The molecule has 1 aliphatic heterocycles. The highest BCUT2D eigenvalue weighted by atomic mass is 32.1. The number of hydrogen-bond donors (Lipinski definition) is 1. The Bertz CT molecular complexity index is 483. The Morgan fingerprint density at radius 2 is 2.11 bits per heavy atom. The quantitative estimate of drug-likeness (QED) is 0.856. The zero-order chi connectivity index (χ0) is 14.0. The minimum atomic E-state index is -0.228. The van der Waals surface area contributed by atoms with Gasteiger partial charge >= 0.3 is 0 Å². The van der Waals surface area contributed by atoms with Gasteiger partial charge in [-0.05, 0) is 42.9 Å². The molecular formula is C15H21FN2S. The Labute approximate surface area is 119 Å². The smallest absolute Gasteiger partial charge is 0.147 e. The number of anilines is 1. The highest BCUT2D eigenvalue weighted by Crippen LogP contribution is 2.39. The van der Waals surface area contributed by atoms with Crippen molar-refractivity contribution in [3.63, 3.8) is 0 Å². The summed E-state index contributed by atoms with van der Waals surface area (Å²) in [6.07, 6.45) is 3.43. The van der Waals surface area contributed by atoms with E-state index < -0.39 is 0 Å². The number of thiocarbonyl (C=S) groups is 1. The van der Waals surface area contributed by atoms with Crippen molar-refractivity contribution in [2.75, 3.05) is 18.0 Å². The summed E-state index contributed by atoms with van der Waals surface area (Å²) in [4.78, 5) is 2.38. The first-order chi connectivity index (χ1) is 9.01. The molecule has 2 rings (SSSR count). The van der Waals surface area contributed by atoms with Gasteiger partial charge in [0.05, 0.1) is 5.69 Å². The van der Waals surface area contributed by atoms with Crippen LogP contribution < -0.4 is 10.6 Å². The molecule has 0 unspecified atom stereocenters. The third-order valence-corrected chi connectivity index (χ3v) is 4.75. The minimum Gasteiger partial charge on any atom is -0.389 e. The fourth-order valence-corrected chi connectivity index (χ4v) is 3.01. The van der Waals surface area contributed by atoms with Crippen molar-refractivity contribution >= 4 is 22.9 Å². The maximum Gasteiger partial charge on any atom is 0.147 e. The summed E-state index contributed by atoms with van der Waals surface area (Å²) in [5, 5.41) is 0. The van der Waals surface area contributed by atoms with E-state index >= 15 is 0 Å². The van der Waals surface area contributed by atoms with Gasteiger partial charge in [-0.1, -0.05) is 26.1 Å². The molecule has 1 saturated heterocycles. The molecule has 4 heteroatoms. The lowest BCUT2D eigenvalue weighted by molar-refractivity contribution is 0.301. The van der Waals surface area contributed by atoms with Crippen LogP contribution in [0, 0.1) is 11.2 Å². The topological polar surface area (TPSA) is 29.3 Å². The molecule has 104 valence electrons. The molecule has 0 amide bonds. The fraction of sp³-hybridized carbons (Fsp3) is 0.533. The Morgan fingerprint density at radius 1 is 1.42 bits per heavy atom. The van der Waals surface area contributed by atoms with Gasteiger partial charge in [-0.2, -0.15) is 0 Å². The lowest BCUT2D eigenvalue weighted by Crippen LogP contribution is -2.26. The predicted molar refractivity (Wildman–Crippen MR) is 82.1 cm³/mol. The SMILES string of the molecule is CCC1(CC)CCN(c2ccc(C(N)=S)cc2F)C1. The predicted octanol–water partition coefficient (Wildman–Crippen LogP) is 3.48. The van der Waals surface area contributed by atoms with Crippen molar-refractivity contribution in [3.05, 3.63) is 29.6 Å². The summed E-state index contributed by atoms with van der Waals surface area (Å²) in [6, 6.07) is 5.04. The Hall–Kier alpha value is -1.16. The summed E-state index contributed by atoms with van der Waals surface area (Å²) < 4.78 is 14.2. The molecule has 0 bridgehead atoms. The van der Waals surface area contributed by atoms with Gasteiger partial charge in [0, 0.05) is 18.7 Å². The van der Waals surface area contributed by atoms with Crippen molar-refractivity contribution in [2.24, 2.45) is 11.1 Å². The van der Waals surface area contributed by atoms with Gasteiger partial charge in [0.1, 0.15) is 10.8 Å². The lowest BCUT2D eigenvalue weighted by Gasteiger charge is -2.27. The zero-order valence-corrected chi connectivity index (χ0v) is 12.4. The highest BCUT2D eigenvalue weighted by molar-refractivity contribution is 7.80. The molecule has 0 spiro atoms. The molecule has 0 atom stereocenters. The summed E-state index contributed by atoms with van der Waals surface area (Å²) in [5.74, 6) is -0.228. The van der Waals surface area contributed by atoms with E-state index in [0.717, 1.165) is 32.4 Å². The van der Waals surface area contributed by atoms with Gasteiger partial charge < -0.3 is 10.6 Å². The summed E-state index contributed by atoms with van der Waals surface area (Å²) >= 11 is 4.87. The van der Waals surface area contributed by atoms with Crippen LogP contribution in [0.2, 0.25) is 0 Å². The largest absolute Gasteiger partial charge is 0.389 e. The monoisotopic (exact) mass is 280 g/mol. The van der Waals surface area contributed by atoms with E-state index in [2.05, 4.69) is 18.7 Å². The maximum absolute atomic E-state index is 14.2. The molecule has 2 N–H and O–H groups in total. The normalized spacial score (nSPS) is 17.7. The zero-order valence-electron chi connectivity index (χ0n) is 11.6. The van der Waals surface area contributed by atoms with Gasteiger partial charge in [0.15, 0.2) is 0 Å². The summed E-state index contributed by atoms with van der Waals surface area (Å²) in [7, 11) is 0. The molecule has 1 fully saturated rings. The van der Waals surface area contributed by atoms with E-state index in [1.807, 2.05) is 0 Å². The molecule has 2 nitrogen and oxygen atoms in total. The molecule has 1 aromatic carbocycles.